The fourth-order valence-electron chi connectivity index (χ4n) is 3.43. The molecule has 0 radical (unpaired) electrons. The van der Waals surface area contributed by atoms with E-state index in [9.17, 15) is 22.8 Å². The second-order valence-corrected chi connectivity index (χ2v) is 9.55. The number of carbonyl (C=O) groups excluding carboxylic acids is 3. The van der Waals surface area contributed by atoms with Crippen LogP contribution in [0.4, 0.5) is 4.79 Å². The van der Waals surface area contributed by atoms with Crippen molar-refractivity contribution in [1.82, 2.24) is 14.5 Å². The van der Waals surface area contributed by atoms with Gasteiger partial charge >= 0.3 is 12.0 Å². The Hall–Kier alpha value is -2.17. The second-order valence-electron chi connectivity index (χ2n) is 7.23. The zero-order valence-corrected chi connectivity index (χ0v) is 18.2. The lowest BCUT2D eigenvalue weighted by atomic mass is 10.2. The smallest absolute Gasteiger partial charge is 0.338 e. The van der Waals surface area contributed by atoms with Crippen molar-refractivity contribution < 1.29 is 27.5 Å². The summed E-state index contributed by atoms with van der Waals surface area (Å²) in [5.74, 6) is -1.52. The van der Waals surface area contributed by atoms with E-state index >= 15 is 0 Å². The van der Waals surface area contributed by atoms with Gasteiger partial charge in [-0.15, -0.1) is 0 Å². The van der Waals surface area contributed by atoms with E-state index in [4.69, 9.17) is 16.3 Å². The van der Waals surface area contributed by atoms with Gasteiger partial charge in [0, 0.05) is 26.2 Å². The van der Waals surface area contributed by atoms with E-state index in [0.29, 0.717) is 19.6 Å². The third kappa shape index (κ3) is 4.76. The first-order chi connectivity index (χ1) is 14.2. The van der Waals surface area contributed by atoms with Crippen LogP contribution in [0.15, 0.2) is 23.1 Å². The molecule has 1 N–H and O–H groups in total. The van der Waals surface area contributed by atoms with Gasteiger partial charge in [0.2, 0.25) is 10.0 Å². The Morgan fingerprint density at radius 2 is 1.80 bits per heavy atom. The molecule has 0 aromatic heterocycles. The van der Waals surface area contributed by atoms with Crippen LogP contribution in [0.5, 0.6) is 0 Å². The molecule has 3 amide bonds. The van der Waals surface area contributed by atoms with E-state index in [1.54, 1.807) is 0 Å². The van der Waals surface area contributed by atoms with E-state index in [1.165, 1.54) is 29.4 Å². The van der Waals surface area contributed by atoms with Gasteiger partial charge in [-0.1, -0.05) is 24.4 Å². The number of imide groups is 1. The number of nitrogens with zero attached hydrogens (tertiary/aromatic N) is 2. The number of rotatable bonds is 5. The second kappa shape index (κ2) is 9.32. The molecule has 1 unspecified atom stereocenters. The maximum atomic E-state index is 13.1. The summed E-state index contributed by atoms with van der Waals surface area (Å²) in [6.07, 6.45) is 2.26. The zero-order valence-electron chi connectivity index (χ0n) is 16.6. The van der Waals surface area contributed by atoms with Crippen LogP contribution in [0.25, 0.3) is 0 Å². The Kier molecular flexibility index (Phi) is 6.99. The lowest BCUT2D eigenvalue weighted by Gasteiger charge is -2.21. The molecule has 1 atom stereocenters. The van der Waals surface area contributed by atoms with Gasteiger partial charge in [-0.05, 0) is 38.0 Å². The molecule has 2 aliphatic rings. The normalized spacial score (nSPS) is 19.1. The van der Waals surface area contributed by atoms with Crippen LogP contribution in [-0.4, -0.2) is 67.8 Å². The van der Waals surface area contributed by atoms with E-state index in [2.05, 4.69) is 5.32 Å². The molecule has 1 aromatic carbocycles. The van der Waals surface area contributed by atoms with Gasteiger partial charge in [-0.25, -0.2) is 18.0 Å². The molecule has 11 heteroatoms. The largest absolute Gasteiger partial charge is 0.449 e. The van der Waals surface area contributed by atoms with Gasteiger partial charge in [0.05, 0.1) is 10.6 Å². The van der Waals surface area contributed by atoms with Gasteiger partial charge in [-0.2, -0.15) is 4.31 Å². The molecular formula is C19H24ClN3O6S. The Balaban J connectivity index is 1.77. The molecule has 3 rings (SSSR count). The topological polar surface area (TPSA) is 113 Å². The van der Waals surface area contributed by atoms with Gasteiger partial charge in [0.25, 0.3) is 5.91 Å². The molecule has 9 nitrogen and oxygen atoms in total. The van der Waals surface area contributed by atoms with Crippen molar-refractivity contribution in [3.63, 3.8) is 0 Å². The minimum absolute atomic E-state index is 0.00802. The summed E-state index contributed by atoms with van der Waals surface area (Å²) in [5.41, 5.74) is -0.0432. The van der Waals surface area contributed by atoms with Crippen molar-refractivity contribution in [3.05, 3.63) is 28.8 Å². The first kappa shape index (κ1) is 22.5. The number of carbonyl (C=O) groups is 3. The number of halogens is 1. The van der Waals surface area contributed by atoms with Crippen LogP contribution < -0.4 is 5.32 Å². The summed E-state index contributed by atoms with van der Waals surface area (Å²) in [4.78, 5) is 37.2. The van der Waals surface area contributed by atoms with Gasteiger partial charge in [0.15, 0.2) is 6.10 Å². The van der Waals surface area contributed by atoms with Crippen molar-refractivity contribution in [2.75, 3.05) is 26.2 Å². The minimum Gasteiger partial charge on any atom is -0.449 e. The molecule has 30 heavy (non-hydrogen) atoms. The third-order valence-electron chi connectivity index (χ3n) is 5.10. The first-order valence-corrected chi connectivity index (χ1v) is 11.6. The molecule has 0 spiro atoms. The Morgan fingerprint density at radius 3 is 2.40 bits per heavy atom. The third-order valence-corrected chi connectivity index (χ3v) is 7.48. The molecule has 0 saturated carbocycles. The average Bonchev–Trinajstić information content (AvgIpc) is 2.95. The Bertz CT molecular complexity index is 944. The minimum atomic E-state index is -3.87. The molecule has 2 fully saturated rings. The summed E-state index contributed by atoms with van der Waals surface area (Å²) in [6.45, 7) is 2.68. The number of benzene rings is 1. The van der Waals surface area contributed by atoms with Crippen LogP contribution in [-0.2, 0) is 19.6 Å². The number of amides is 3. The number of urea groups is 1. The Labute approximate surface area is 180 Å². The number of hydrogen-bond acceptors (Lipinski definition) is 6. The number of nitrogens with one attached hydrogen (secondary N) is 1. The van der Waals surface area contributed by atoms with Crippen molar-refractivity contribution in [2.24, 2.45) is 0 Å². The van der Waals surface area contributed by atoms with Crippen molar-refractivity contribution in [3.8, 4) is 0 Å². The highest BCUT2D eigenvalue weighted by atomic mass is 35.5. The quantitative estimate of drug-likeness (QED) is 0.676. The SMILES string of the molecule is CC(OC(=O)c1ccc(Cl)c(S(=O)(=O)N2CCCCCC2)c1)C(=O)N1CCNC1=O. The van der Waals surface area contributed by atoms with Crippen LogP contribution in [0.3, 0.4) is 0 Å². The maximum absolute atomic E-state index is 13.1. The van der Waals surface area contributed by atoms with Crippen molar-refractivity contribution in [1.29, 1.82) is 0 Å². The summed E-state index contributed by atoms with van der Waals surface area (Å²) in [7, 11) is -3.87. The monoisotopic (exact) mass is 457 g/mol. The summed E-state index contributed by atoms with van der Waals surface area (Å²) in [6, 6.07) is 3.29. The predicted molar refractivity (Wildman–Crippen MR) is 109 cm³/mol. The standard InChI is InChI=1S/C19H24ClN3O6S/c1-13(17(24)23-11-8-21-19(23)26)29-18(25)14-6-7-15(20)16(12-14)30(27,28)22-9-4-2-3-5-10-22/h6-7,12-13H,2-5,8-11H2,1H3,(H,21,26). The van der Waals surface area contributed by atoms with Gasteiger partial charge in [-0.3, -0.25) is 9.69 Å². The molecular weight excluding hydrogens is 434 g/mol. The number of esters is 1. The summed E-state index contributed by atoms with van der Waals surface area (Å²) >= 11 is 6.14. The van der Waals surface area contributed by atoms with Crippen molar-refractivity contribution in [2.45, 2.75) is 43.6 Å². The van der Waals surface area contributed by atoms with Crippen LogP contribution in [0.1, 0.15) is 43.0 Å². The summed E-state index contributed by atoms with van der Waals surface area (Å²) < 4.78 is 32.7. The van der Waals surface area contributed by atoms with Crippen LogP contribution in [0.2, 0.25) is 5.02 Å². The predicted octanol–water partition coefficient (Wildman–Crippen LogP) is 2.00. The zero-order chi connectivity index (χ0) is 21.9. The molecule has 164 valence electrons. The highest BCUT2D eigenvalue weighted by Gasteiger charge is 2.33. The lowest BCUT2D eigenvalue weighted by Crippen LogP contribution is -2.41. The number of hydrogen-bond donors (Lipinski definition) is 1. The van der Waals surface area contributed by atoms with Crippen LogP contribution >= 0.6 is 11.6 Å². The van der Waals surface area contributed by atoms with E-state index in [-0.39, 0.29) is 22.0 Å². The molecule has 1 aromatic rings. The fraction of sp³-hybridized carbons (Fsp3) is 0.526. The van der Waals surface area contributed by atoms with E-state index in [1.807, 2.05) is 0 Å². The van der Waals surface area contributed by atoms with Gasteiger partial charge in [0.1, 0.15) is 4.90 Å². The summed E-state index contributed by atoms with van der Waals surface area (Å²) in [5, 5.41) is 2.50. The Morgan fingerprint density at radius 1 is 1.13 bits per heavy atom. The highest BCUT2D eigenvalue weighted by molar-refractivity contribution is 7.89. The molecule has 0 bridgehead atoms. The molecule has 0 aliphatic carbocycles. The van der Waals surface area contributed by atoms with E-state index < -0.39 is 34.0 Å². The maximum Gasteiger partial charge on any atom is 0.338 e. The van der Waals surface area contributed by atoms with E-state index in [0.717, 1.165) is 30.6 Å². The highest BCUT2D eigenvalue weighted by Crippen LogP contribution is 2.28. The first-order valence-electron chi connectivity index (χ1n) is 9.81. The molecule has 2 heterocycles. The fourth-order valence-corrected chi connectivity index (χ4v) is 5.45. The van der Waals surface area contributed by atoms with Crippen molar-refractivity contribution >= 4 is 39.5 Å². The molecule has 2 saturated heterocycles. The number of ether oxygens (including phenoxy) is 1. The van der Waals surface area contributed by atoms with Gasteiger partial charge < -0.3 is 10.1 Å². The van der Waals surface area contributed by atoms with Crippen LogP contribution in [0, 0.1) is 0 Å². The number of sulfonamides is 1. The molecule has 2 aliphatic heterocycles. The average molecular weight is 458 g/mol. The lowest BCUT2D eigenvalue weighted by molar-refractivity contribution is -0.136.